The van der Waals surface area contributed by atoms with Crippen LogP contribution in [0.2, 0.25) is 0 Å². The molecule has 0 aliphatic carbocycles. The number of urea groups is 1. The Morgan fingerprint density at radius 1 is 1.16 bits per heavy atom. The maximum absolute atomic E-state index is 12.1. The second-order valence-corrected chi connectivity index (χ2v) is 9.67. The minimum absolute atomic E-state index is 0.0626. The van der Waals surface area contributed by atoms with Crippen molar-refractivity contribution in [3.63, 3.8) is 0 Å². The number of hydrogen-bond acceptors (Lipinski definition) is 6. The smallest absolute Gasteiger partial charge is 0.321 e. The zero-order valence-corrected chi connectivity index (χ0v) is 20.0. The van der Waals surface area contributed by atoms with Crippen LogP contribution in [0.4, 0.5) is 4.79 Å². The van der Waals surface area contributed by atoms with Crippen molar-refractivity contribution in [2.45, 2.75) is 71.8 Å². The summed E-state index contributed by atoms with van der Waals surface area (Å²) in [4.78, 5) is 24.0. The molecule has 0 aliphatic heterocycles. The van der Waals surface area contributed by atoms with Gasteiger partial charge in [-0.15, -0.1) is 10.2 Å². The van der Waals surface area contributed by atoms with E-state index in [1.165, 1.54) is 17.3 Å². The van der Waals surface area contributed by atoms with Gasteiger partial charge in [-0.3, -0.25) is 10.1 Å². The SMILES string of the molecule is CCc1ccc(OCc2nnc(SCC(=O)NC(=O)NC(C)(C)C)n2CC(C)C)cc1. The van der Waals surface area contributed by atoms with Crippen molar-refractivity contribution in [2.75, 3.05) is 5.75 Å². The lowest BCUT2D eigenvalue weighted by Gasteiger charge is -2.20. The van der Waals surface area contributed by atoms with Gasteiger partial charge in [0.15, 0.2) is 11.0 Å². The van der Waals surface area contributed by atoms with E-state index in [4.69, 9.17) is 4.74 Å². The molecule has 8 nitrogen and oxygen atoms in total. The third-order valence-electron chi connectivity index (χ3n) is 4.11. The van der Waals surface area contributed by atoms with E-state index in [1.807, 2.05) is 49.6 Å². The maximum Gasteiger partial charge on any atom is 0.321 e. The predicted octanol–water partition coefficient (Wildman–Crippen LogP) is 3.79. The maximum atomic E-state index is 12.1. The molecule has 1 heterocycles. The molecule has 0 saturated heterocycles. The average molecular weight is 448 g/mol. The molecule has 9 heteroatoms. The highest BCUT2D eigenvalue weighted by atomic mass is 32.2. The second-order valence-electron chi connectivity index (χ2n) is 8.73. The van der Waals surface area contributed by atoms with Gasteiger partial charge in [-0.2, -0.15) is 0 Å². The van der Waals surface area contributed by atoms with Gasteiger partial charge in [0.2, 0.25) is 5.91 Å². The van der Waals surface area contributed by atoms with E-state index < -0.39 is 11.6 Å². The van der Waals surface area contributed by atoms with Crippen LogP contribution in [0.1, 0.15) is 52.9 Å². The van der Waals surface area contributed by atoms with E-state index in [2.05, 4.69) is 41.6 Å². The number of carbonyl (C=O) groups is 2. The first kappa shape index (κ1) is 24.7. The fourth-order valence-electron chi connectivity index (χ4n) is 2.71. The van der Waals surface area contributed by atoms with Crippen LogP contribution in [0.3, 0.4) is 0 Å². The van der Waals surface area contributed by atoms with Crippen LogP contribution in [0.15, 0.2) is 29.4 Å². The van der Waals surface area contributed by atoms with Crippen molar-refractivity contribution >= 4 is 23.7 Å². The number of carbonyl (C=O) groups excluding carboxylic acids is 2. The number of imide groups is 1. The highest BCUT2D eigenvalue weighted by Gasteiger charge is 2.18. The summed E-state index contributed by atoms with van der Waals surface area (Å²) in [6.45, 7) is 12.9. The zero-order valence-electron chi connectivity index (χ0n) is 19.2. The number of amides is 3. The molecule has 0 radical (unpaired) electrons. The Labute approximate surface area is 188 Å². The number of thioether (sulfide) groups is 1. The molecule has 0 spiro atoms. The van der Waals surface area contributed by atoms with Gasteiger partial charge in [0.1, 0.15) is 12.4 Å². The van der Waals surface area contributed by atoms with Gasteiger partial charge >= 0.3 is 6.03 Å². The second kappa shape index (κ2) is 11.2. The summed E-state index contributed by atoms with van der Waals surface area (Å²) in [5.74, 6) is 1.51. The largest absolute Gasteiger partial charge is 0.486 e. The van der Waals surface area contributed by atoms with Crippen molar-refractivity contribution in [3.05, 3.63) is 35.7 Å². The number of hydrogen-bond donors (Lipinski definition) is 2. The molecule has 2 rings (SSSR count). The van der Waals surface area contributed by atoms with E-state index >= 15 is 0 Å². The first-order valence-electron chi connectivity index (χ1n) is 10.5. The Kier molecular flexibility index (Phi) is 8.91. The van der Waals surface area contributed by atoms with Gasteiger partial charge in [-0.05, 0) is 50.8 Å². The van der Waals surface area contributed by atoms with E-state index in [-0.39, 0.29) is 18.3 Å². The molecule has 170 valence electrons. The number of ether oxygens (including phenoxy) is 1. The van der Waals surface area contributed by atoms with E-state index in [9.17, 15) is 9.59 Å². The van der Waals surface area contributed by atoms with Crippen molar-refractivity contribution in [1.29, 1.82) is 0 Å². The molecule has 0 saturated carbocycles. The molecule has 2 N–H and O–H groups in total. The van der Waals surface area contributed by atoms with Crippen LogP contribution in [0, 0.1) is 5.92 Å². The van der Waals surface area contributed by atoms with Crippen LogP contribution in [-0.4, -0.2) is 38.0 Å². The number of benzene rings is 1. The molecular weight excluding hydrogens is 414 g/mol. The molecule has 0 fully saturated rings. The van der Waals surface area contributed by atoms with E-state index in [0.29, 0.717) is 23.4 Å². The summed E-state index contributed by atoms with van der Waals surface area (Å²) in [5, 5.41) is 14.2. The normalized spacial score (nSPS) is 11.5. The first-order chi connectivity index (χ1) is 14.6. The Morgan fingerprint density at radius 2 is 1.84 bits per heavy atom. The number of rotatable bonds is 9. The van der Waals surface area contributed by atoms with Crippen LogP contribution >= 0.6 is 11.8 Å². The Morgan fingerprint density at radius 3 is 2.42 bits per heavy atom. The number of nitrogens with one attached hydrogen (secondary N) is 2. The lowest BCUT2D eigenvalue weighted by atomic mass is 10.1. The first-order valence-corrected chi connectivity index (χ1v) is 11.4. The fraction of sp³-hybridized carbons (Fsp3) is 0.545. The molecule has 1 aromatic carbocycles. The summed E-state index contributed by atoms with van der Waals surface area (Å²) < 4.78 is 7.86. The van der Waals surface area contributed by atoms with Crippen LogP contribution in [0.5, 0.6) is 5.75 Å². The minimum atomic E-state index is -0.509. The van der Waals surface area contributed by atoms with Crippen molar-refractivity contribution < 1.29 is 14.3 Å². The van der Waals surface area contributed by atoms with Gasteiger partial charge in [0, 0.05) is 12.1 Å². The number of aromatic nitrogens is 3. The molecule has 31 heavy (non-hydrogen) atoms. The van der Waals surface area contributed by atoms with Crippen molar-refractivity contribution in [1.82, 2.24) is 25.4 Å². The van der Waals surface area contributed by atoms with Gasteiger partial charge in [-0.1, -0.05) is 44.7 Å². The van der Waals surface area contributed by atoms with E-state index in [0.717, 1.165) is 12.2 Å². The Balaban J connectivity index is 1.99. The molecule has 1 aromatic heterocycles. The van der Waals surface area contributed by atoms with Crippen molar-refractivity contribution in [3.8, 4) is 5.75 Å². The summed E-state index contributed by atoms with van der Waals surface area (Å²) >= 11 is 1.25. The molecule has 0 aliphatic rings. The average Bonchev–Trinajstić information content (AvgIpc) is 3.04. The lowest BCUT2D eigenvalue weighted by molar-refractivity contribution is -0.117. The van der Waals surface area contributed by atoms with Crippen LogP contribution < -0.4 is 15.4 Å². The van der Waals surface area contributed by atoms with Gasteiger partial charge in [0.25, 0.3) is 0 Å². The number of nitrogens with zero attached hydrogens (tertiary/aromatic N) is 3. The topological polar surface area (TPSA) is 98.1 Å². The van der Waals surface area contributed by atoms with Gasteiger partial charge < -0.3 is 14.6 Å². The number of aryl methyl sites for hydroxylation is 1. The van der Waals surface area contributed by atoms with Crippen molar-refractivity contribution in [2.24, 2.45) is 5.92 Å². The standard InChI is InChI=1S/C22H33N5O3S/c1-7-16-8-10-17(11-9-16)30-13-18-25-26-21(27(18)12-15(2)3)31-14-19(28)23-20(29)24-22(4,5)6/h8-11,15H,7,12-14H2,1-6H3,(H2,23,24,28,29). The fourth-order valence-corrected chi connectivity index (χ4v) is 3.48. The van der Waals surface area contributed by atoms with Gasteiger partial charge in [0.05, 0.1) is 5.75 Å². The summed E-state index contributed by atoms with van der Waals surface area (Å²) in [6.07, 6.45) is 0.981. The third kappa shape index (κ3) is 8.61. The van der Waals surface area contributed by atoms with E-state index in [1.54, 1.807) is 0 Å². The Hall–Kier alpha value is -2.55. The van der Waals surface area contributed by atoms with Gasteiger partial charge in [-0.25, -0.2) is 4.79 Å². The summed E-state index contributed by atoms with van der Waals surface area (Å²) in [5.41, 5.74) is 0.837. The summed E-state index contributed by atoms with van der Waals surface area (Å²) in [6, 6.07) is 7.48. The highest BCUT2D eigenvalue weighted by molar-refractivity contribution is 7.99. The van der Waals surface area contributed by atoms with Crippen LogP contribution in [-0.2, 0) is 24.4 Å². The zero-order chi connectivity index (χ0) is 23.0. The molecule has 2 aromatic rings. The quantitative estimate of drug-likeness (QED) is 0.568. The molecular formula is C22H33N5O3S. The molecule has 3 amide bonds. The minimum Gasteiger partial charge on any atom is -0.486 e. The molecule has 0 atom stereocenters. The highest BCUT2D eigenvalue weighted by Crippen LogP contribution is 2.20. The molecule has 0 unspecified atom stereocenters. The molecule has 0 bridgehead atoms. The lowest BCUT2D eigenvalue weighted by Crippen LogP contribution is -2.48. The monoisotopic (exact) mass is 447 g/mol. The Bertz CT molecular complexity index is 872. The third-order valence-corrected chi connectivity index (χ3v) is 5.08. The van der Waals surface area contributed by atoms with Crippen LogP contribution in [0.25, 0.3) is 0 Å². The summed E-state index contributed by atoms with van der Waals surface area (Å²) in [7, 11) is 0. The predicted molar refractivity (Wildman–Crippen MR) is 122 cm³/mol.